The third kappa shape index (κ3) is 5.77. The van der Waals surface area contributed by atoms with E-state index in [1.807, 2.05) is 69.7 Å². The van der Waals surface area contributed by atoms with Gasteiger partial charge in [0.05, 0.1) is 7.11 Å². The first kappa shape index (κ1) is 28.9. The molecule has 0 radical (unpaired) electrons. The summed E-state index contributed by atoms with van der Waals surface area (Å²) in [6, 6.07) is 14.2. The lowest BCUT2D eigenvalue weighted by atomic mass is 9.83. The predicted molar refractivity (Wildman–Crippen MR) is 154 cm³/mol. The van der Waals surface area contributed by atoms with Crippen LogP contribution in [0.15, 0.2) is 42.5 Å². The summed E-state index contributed by atoms with van der Waals surface area (Å²) >= 11 is 0. The minimum atomic E-state index is -0.816. The van der Waals surface area contributed by atoms with Crippen molar-refractivity contribution in [3.05, 3.63) is 59.2 Å². The highest BCUT2D eigenvalue weighted by Gasteiger charge is 2.50. The molecule has 212 valence electrons. The van der Waals surface area contributed by atoms with Crippen LogP contribution in [0.25, 0.3) is 0 Å². The lowest BCUT2D eigenvalue weighted by Crippen LogP contribution is -2.69. The zero-order valence-corrected chi connectivity index (χ0v) is 24.5. The average Bonchev–Trinajstić information content (AvgIpc) is 2.90. The lowest BCUT2D eigenvalue weighted by Gasteiger charge is -2.52. The monoisotopic (exact) mass is 536 g/mol. The van der Waals surface area contributed by atoms with E-state index in [0.29, 0.717) is 25.9 Å². The summed E-state index contributed by atoms with van der Waals surface area (Å²) in [6.45, 7) is 10.9. The number of nitrogens with zero attached hydrogens (tertiary/aromatic N) is 2. The fourth-order valence-corrected chi connectivity index (χ4v) is 6.03. The van der Waals surface area contributed by atoms with Gasteiger partial charge in [0, 0.05) is 42.8 Å². The molecule has 0 bridgehead atoms. The standard InChI is InChI=1S/C31H44N4O4/c1-21(2)35-25-18-23(26(38-7)19-22(25)15-16-28(35)36)20-33-27-14-11-17-34(29(37)39-30(3,4)5)31(27,32-6)24-12-9-8-10-13-24/h8-10,12-13,18-19,21,27,32-33H,11,14-17,20H2,1-7H3. The van der Waals surface area contributed by atoms with E-state index in [1.165, 1.54) is 0 Å². The summed E-state index contributed by atoms with van der Waals surface area (Å²) in [7, 11) is 3.59. The molecule has 2 atom stereocenters. The topological polar surface area (TPSA) is 83.1 Å². The highest BCUT2D eigenvalue weighted by Crippen LogP contribution is 2.39. The number of anilines is 1. The number of nitrogens with one attached hydrogen (secondary N) is 2. The van der Waals surface area contributed by atoms with E-state index in [1.54, 1.807) is 7.11 Å². The largest absolute Gasteiger partial charge is 0.496 e. The molecule has 1 fully saturated rings. The number of carbonyl (C=O) groups is 2. The summed E-state index contributed by atoms with van der Waals surface area (Å²) < 4.78 is 11.7. The Hall–Kier alpha value is -3.10. The predicted octanol–water partition coefficient (Wildman–Crippen LogP) is 4.94. The number of likely N-dealkylation sites (tertiary alicyclic amines) is 1. The van der Waals surface area contributed by atoms with Crippen LogP contribution >= 0.6 is 0 Å². The number of piperidine rings is 1. The fourth-order valence-electron chi connectivity index (χ4n) is 6.03. The zero-order valence-electron chi connectivity index (χ0n) is 24.5. The number of likely N-dealkylation sites (N-methyl/N-ethyl adjacent to an activating group) is 1. The van der Waals surface area contributed by atoms with Crippen LogP contribution in [0.4, 0.5) is 10.5 Å². The Bertz CT molecular complexity index is 1180. The Labute approximate surface area is 233 Å². The van der Waals surface area contributed by atoms with Crippen molar-refractivity contribution in [1.29, 1.82) is 0 Å². The van der Waals surface area contributed by atoms with Crippen molar-refractivity contribution in [2.75, 3.05) is 25.6 Å². The molecule has 2 aliphatic rings. The maximum Gasteiger partial charge on any atom is 0.412 e. The highest BCUT2D eigenvalue weighted by atomic mass is 16.6. The molecule has 4 rings (SSSR count). The third-order valence-electron chi connectivity index (χ3n) is 7.69. The molecule has 2 amide bonds. The number of ether oxygens (including phenoxy) is 2. The summed E-state index contributed by atoms with van der Waals surface area (Å²) in [5.74, 6) is 0.953. The number of methoxy groups -OCH3 is 1. The van der Waals surface area contributed by atoms with Gasteiger partial charge in [0.15, 0.2) is 0 Å². The normalized spacial score (nSPS) is 21.6. The summed E-state index contributed by atoms with van der Waals surface area (Å²) in [6.07, 6.45) is 2.58. The van der Waals surface area contributed by atoms with E-state index in [-0.39, 0.29) is 24.1 Å². The first-order chi connectivity index (χ1) is 18.5. The molecule has 1 saturated heterocycles. The van der Waals surface area contributed by atoms with Gasteiger partial charge in [-0.05, 0) is 84.2 Å². The SMILES string of the molecule is CNC1(c2ccccc2)C(NCc2cc3c(cc2OC)CCC(=O)N3C(C)C)CCCN1C(=O)OC(C)(C)C. The molecular formula is C31H44N4O4. The van der Waals surface area contributed by atoms with Crippen LogP contribution in [0, 0.1) is 0 Å². The van der Waals surface area contributed by atoms with E-state index in [2.05, 4.69) is 34.9 Å². The van der Waals surface area contributed by atoms with Crippen molar-refractivity contribution >= 4 is 17.7 Å². The quantitative estimate of drug-likeness (QED) is 0.521. The van der Waals surface area contributed by atoms with Crippen molar-refractivity contribution in [1.82, 2.24) is 15.5 Å². The zero-order chi connectivity index (χ0) is 28.4. The van der Waals surface area contributed by atoms with E-state index < -0.39 is 11.3 Å². The fraction of sp³-hybridized carbons (Fsp3) is 0.548. The average molecular weight is 537 g/mol. The Morgan fingerprint density at radius 2 is 1.87 bits per heavy atom. The van der Waals surface area contributed by atoms with Crippen LogP contribution in [0.1, 0.15) is 70.6 Å². The Morgan fingerprint density at radius 1 is 1.15 bits per heavy atom. The van der Waals surface area contributed by atoms with Crippen molar-refractivity contribution in [3.63, 3.8) is 0 Å². The number of amides is 2. The molecule has 39 heavy (non-hydrogen) atoms. The summed E-state index contributed by atoms with van der Waals surface area (Å²) in [5.41, 5.74) is 2.63. The van der Waals surface area contributed by atoms with Gasteiger partial charge in [0.1, 0.15) is 17.0 Å². The number of aryl methyl sites for hydroxylation is 1. The van der Waals surface area contributed by atoms with Gasteiger partial charge < -0.3 is 19.7 Å². The van der Waals surface area contributed by atoms with Crippen molar-refractivity contribution in [2.45, 2.75) is 90.2 Å². The molecule has 2 aromatic rings. The van der Waals surface area contributed by atoms with Gasteiger partial charge in [-0.2, -0.15) is 0 Å². The van der Waals surface area contributed by atoms with Gasteiger partial charge in [-0.25, -0.2) is 4.79 Å². The Kier molecular flexibility index (Phi) is 8.57. The van der Waals surface area contributed by atoms with Gasteiger partial charge in [0.2, 0.25) is 5.91 Å². The molecule has 0 saturated carbocycles. The molecule has 2 aliphatic heterocycles. The minimum absolute atomic E-state index is 0.0708. The number of hydrogen-bond acceptors (Lipinski definition) is 6. The molecular weight excluding hydrogens is 492 g/mol. The third-order valence-corrected chi connectivity index (χ3v) is 7.69. The number of fused-ring (bicyclic) bond motifs is 1. The Balaban J connectivity index is 1.70. The van der Waals surface area contributed by atoms with E-state index in [9.17, 15) is 9.59 Å². The van der Waals surface area contributed by atoms with Gasteiger partial charge in [-0.3, -0.25) is 15.0 Å². The van der Waals surface area contributed by atoms with Gasteiger partial charge in [0.25, 0.3) is 0 Å². The van der Waals surface area contributed by atoms with Crippen LogP contribution in [0.3, 0.4) is 0 Å². The van der Waals surface area contributed by atoms with Gasteiger partial charge in [-0.15, -0.1) is 0 Å². The van der Waals surface area contributed by atoms with E-state index in [4.69, 9.17) is 9.47 Å². The van der Waals surface area contributed by atoms with Crippen molar-refractivity contribution in [3.8, 4) is 5.75 Å². The molecule has 0 spiro atoms. The van der Waals surface area contributed by atoms with Crippen LogP contribution in [-0.2, 0) is 28.2 Å². The molecule has 0 aliphatic carbocycles. The number of rotatable bonds is 7. The molecule has 2 unspecified atom stereocenters. The number of hydrogen-bond donors (Lipinski definition) is 2. The maximum atomic E-state index is 13.6. The summed E-state index contributed by atoms with van der Waals surface area (Å²) in [4.78, 5) is 30.1. The van der Waals surface area contributed by atoms with E-state index >= 15 is 0 Å². The number of carbonyl (C=O) groups excluding carboxylic acids is 2. The molecule has 0 aromatic heterocycles. The number of benzene rings is 2. The molecule has 2 N–H and O–H groups in total. The first-order valence-electron chi connectivity index (χ1n) is 14.0. The van der Waals surface area contributed by atoms with Crippen LogP contribution in [0.2, 0.25) is 0 Å². The molecule has 2 aromatic carbocycles. The van der Waals surface area contributed by atoms with E-state index in [0.717, 1.165) is 41.0 Å². The van der Waals surface area contributed by atoms with Gasteiger partial charge in [-0.1, -0.05) is 30.3 Å². The molecule has 2 heterocycles. The van der Waals surface area contributed by atoms with Crippen molar-refractivity contribution < 1.29 is 19.1 Å². The first-order valence-corrected chi connectivity index (χ1v) is 14.0. The Morgan fingerprint density at radius 3 is 2.49 bits per heavy atom. The maximum absolute atomic E-state index is 13.6. The van der Waals surface area contributed by atoms with Crippen LogP contribution < -0.4 is 20.3 Å². The summed E-state index contributed by atoms with van der Waals surface area (Å²) in [5, 5.41) is 7.29. The minimum Gasteiger partial charge on any atom is -0.496 e. The van der Waals surface area contributed by atoms with Crippen LogP contribution in [0.5, 0.6) is 5.75 Å². The second-order valence-corrected chi connectivity index (χ2v) is 11.7. The second kappa shape index (κ2) is 11.6. The molecule has 8 nitrogen and oxygen atoms in total. The lowest BCUT2D eigenvalue weighted by molar-refractivity contribution is -0.119. The molecule has 8 heteroatoms. The second-order valence-electron chi connectivity index (χ2n) is 11.7. The smallest absolute Gasteiger partial charge is 0.412 e. The van der Waals surface area contributed by atoms with Crippen LogP contribution in [-0.4, -0.2) is 55.3 Å². The highest BCUT2D eigenvalue weighted by molar-refractivity contribution is 5.97. The van der Waals surface area contributed by atoms with Gasteiger partial charge >= 0.3 is 6.09 Å². The van der Waals surface area contributed by atoms with Crippen molar-refractivity contribution in [2.24, 2.45) is 0 Å².